The van der Waals surface area contributed by atoms with Gasteiger partial charge in [-0.3, -0.25) is 0 Å². The van der Waals surface area contributed by atoms with Gasteiger partial charge in [0, 0.05) is 25.9 Å². The Morgan fingerprint density at radius 2 is 1.90 bits per heavy atom. The first kappa shape index (κ1) is 15.4. The van der Waals surface area contributed by atoms with Gasteiger partial charge in [-0.2, -0.15) is 13.2 Å². The normalized spacial score (nSPS) is 16.9. The Hall–Kier alpha value is -1.99. The molecule has 1 aliphatic heterocycles. The molecule has 0 bridgehead atoms. The van der Waals surface area contributed by atoms with Crippen molar-refractivity contribution in [2.24, 2.45) is 0 Å². The number of ether oxygens (including phenoxy) is 1. The molecule has 1 amide bonds. The summed E-state index contributed by atoms with van der Waals surface area (Å²) in [5.41, 5.74) is -0.984. The van der Waals surface area contributed by atoms with Crippen LogP contribution in [0.15, 0.2) is 18.2 Å². The number of nitrogens with zero attached hydrogens (tertiary/aromatic N) is 1. The van der Waals surface area contributed by atoms with Crippen molar-refractivity contribution in [3.05, 3.63) is 29.6 Å². The molecule has 2 rings (SSSR count). The van der Waals surface area contributed by atoms with E-state index in [0.717, 1.165) is 0 Å². The van der Waals surface area contributed by atoms with E-state index >= 15 is 0 Å². The molecule has 0 spiro atoms. The lowest BCUT2D eigenvalue weighted by molar-refractivity contribution is -0.137. The minimum Gasteiger partial charge on any atom is -0.487 e. The quantitative estimate of drug-likeness (QED) is 0.852. The van der Waals surface area contributed by atoms with Gasteiger partial charge in [0.1, 0.15) is 6.10 Å². The summed E-state index contributed by atoms with van der Waals surface area (Å²) in [6, 6.07) is 1.98. The molecule has 1 saturated heterocycles. The number of hydrogen-bond acceptors (Lipinski definition) is 2. The van der Waals surface area contributed by atoms with Crippen molar-refractivity contribution in [2.75, 3.05) is 13.1 Å². The molecule has 0 atom stereocenters. The Labute approximate surface area is 117 Å². The van der Waals surface area contributed by atoms with Crippen LogP contribution in [-0.2, 0) is 6.18 Å². The second-order valence-corrected chi connectivity index (χ2v) is 4.73. The predicted octanol–water partition coefficient (Wildman–Crippen LogP) is 3.37. The van der Waals surface area contributed by atoms with Gasteiger partial charge in [-0.1, -0.05) is 0 Å². The van der Waals surface area contributed by atoms with E-state index in [1.165, 1.54) is 4.90 Å². The van der Waals surface area contributed by atoms with Gasteiger partial charge < -0.3 is 14.7 Å². The summed E-state index contributed by atoms with van der Waals surface area (Å²) in [6.07, 6.45) is -5.51. The molecule has 1 N–H and O–H groups in total. The van der Waals surface area contributed by atoms with Crippen molar-refractivity contribution in [2.45, 2.75) is 25.1 Å². The zero-order valence-electron chi connectivity index (χ0n) is 10.9. The second-order valence-electron chi connectivity index (χ2n) is 4.73. The Morgan fingerprint density at radius 1 is 1.29 bits per heavy atom. The van der Waals surface area contributed by atoms with E-state index in [2.05, 4.69) is 0 Å². The van der Waals surface area contributed by atoms with Crippen LogP contribution in [0.25, 0.3) is 0 Å². The lowest BCUT2D eigenvalue weighted by Crippen LogP contribution is -2.41. The van der Waals surface area contributed by atoms with Gasteiger partial charge >= 0.3 is 12.3 Å². The van der Waals surface area contributed by atoms with Gasteiger partial charge in [-0.15, -0.1) is 0 Å². The van der Waals surface area contributed by atoms with Crippen molar-refractivity contribution in [1.29, 1.82) is 0 Å². The molecule has 0 aliphatic carbocycles. The topological polar surface area (TPSA) is 49.8 Å². The Balaban J connectivity index is 2.05. The van der Waals surface area contributed by atoms with Gasteiger partial charge in [0.25, 0.3) is 0 Å². The first-order valence-electron chi connectivity index (χ1n) is 6.28. The van der Waals surface area contributed by atoms with Crippen LogP contribution in [0.4, 0.5) is 22.4 Å². The summed E-state index contributed by atoms with van der Waals surface area (Å²) in [6.45, 7) is 0.418. The fourth-order valence-electron chi connectivity index (χ4n) is 2.11. The SMILES string of the molecule is O=C(O)N1CCC(Oc2cc(C(F)(F)F)ccc2F)CC1. The molecule has 0 radical (unpaired) electrons. The number of hydrogen-bond donors (Lipinski definition) is 1. The van der Waals surface area contributed by atoms with E-state index in [9.17, 15) is 22.4 Å². The van der Waals surface area contributed by atoms with Crippen LogP contribution >= 0.6 is 0 Å². The van der Waals surface area contributed by atoms with E-state index < -0.39 is 35.5 Å². The van der Waals surface area contributed by atoms with Gasteiger partial charge in [-0.05, 0) is 18.2 Å². The molecule has 4 nitrogen and oxygen atoms in total. The average Bonchev–Trinajstić information content (AvgIpc) is 2.40. The Morgan fingerprint density at radius 3 is 2.43 bits per heavy atom. The highest BCUT2D eigenvalue weighted by Gasteiger charge is 2.32. The van der Waals surface area contributed by atoms with Crippen molar-refractivity contribution < 1.29 is 32.2 Å². The molecule has 1 aliphatic rings. The molecule has 8 heteroatoms. The van der Waals surface area contributed by atoms with Crippen molar-refractivity contribution in [3.63, 3.8) is 0 Å². The van der Waals surface area contributed by atoms with Gasteiger partial charge in [-0.25, -0.2) is 9.18 Å². The van der Waals surface area contributed by atoms with Crippen molar-refractivity contribution >= 4 is 6.09 Å². The molecule has 1 fully saturated rings. The summed E-state index contributed by atoms with van der Waals surface area (Å²) in [5.74, 6) is -1.33. The Bertz CT molecular complexity index is 525. The van der Waals surface area contributed by atoms with Gasteiger partial charge in [0.05, 0.1) is 5.56 Å². The fraction of sp³-hybridized carbons (Fsp3) is 0.462. The summed E-state index contributed by atoms with van der Waals surface area (Å²) in [7, 11) is 0. The molecule has 1 aromatic carbocycles. The number of piperidine rings is 1. The average molecular weight is 307 g/mol. The third-order valence-corrected chi connectivity index (χ3v) is 3.26. The third kappa shape index (κ3) is 3.77. The molecule has 0 unspecified atom stereocenters. The second kappa shape index (κ2) is 5.79. The number of carboxylic acid groups (broad SMARTS) is 1. The summed E-state index contributed by atoms with van der Waals surface area (Å²) < 4.78 is 56.5. The van der Waals surface area contributed by atoms with Crippen molar-refractivity contribution in [1.82, 2.24) is 4.90 Å². The number of halogens is 4. The van der Waals surface area contributed by atoms with Crippen LogP contribution in [0.5, 0.6) is 5.75 Å². The lowest BCUT2D eigenvalue weighted by atomic mass is 10.1. The molecular formula is C13H13F4NO3. The first-order chi connectivity index (χ1) is 9.77. The van der Waals surface area contributed by atoms with E-state index in [1.54, 1.807) is 0 Å². The van der Waals surface area contributed by atoms with E-state index in [-0.39, 0.29) is 13.1 Å². The monoisotopic (exact) mass is 307 g/mol. The Kier molecular flexibility index (Phi) is 4.24. The lowest BCUT2D eigenvalue weighted by Gasteiger charge is -2.30. The number of benzene rings is 1. The minimum atomic E-state index is -4.57. The predicted molar refractivity (Wildman–Crippen MR) is 64.6 cm³/mol. The van der Waals surface area contributed by atoms with E-state index in [1.807, 2.05) is 0 Å². The number of likely N-dealkylation sites (tertiary alicyclic amines) is 1. The molecule has 1 aromatic rings. The smallest absolute Gasteiger partial charge is 0.416 e. The molecule has 116 valence electrons. The summed E-state index contributed by atoms with van der Waals surface area (Å²) >= 11 is 0. The summed E-state index contributed by atoms with van der Waals surface area (Å²) in [5, 5.41) is 8.78. The standard InChI is InChI=1S/C13H13F4NO3/c14-10-2-1-8(13(15,16)17)7-11(10)21-9-3-5-18(6-4-9)12(19)20/h1-2,7,9H,3-6H2,(H,19,20). The van der Waals surface area contributed by atoms with Crippen molar-refractivity contribution in [3.8, 4) is 5.75 Å². The van der Waals surface area contributed by atoms with Crippen LogP contribution in [0, 0.1) is 5.82 Å². The summed E-state index contributed by atoms with van der Waals surface area (Å²) in [4.78, 5) is 11.9. The van der Waals surface area contributed by atoms with Crippen LogP contribution < -0.4 is 4.74 Å². The molecule has 21 heavy (non-hydrogen) atoms. The molecular weight excluding hydrogens is 294 g/mol. The molecule has 1 heterocycles. The number of carbonyl (C=O) groups is 1. The highest BCUT2D eigenvalue weighted by atomic mass is 19.4. The number of rotatable bonds is 2. The maximum atomic E-state index is 13.5. The van der Waals surface area contributed by atoms with Gasteiger partial charge in [0.2, 0.25) is 0 Å². The highest BCUT2D eigenvalue weighted by Crippen LogP contribution is 2.33. The first-order valence-corrected chi connectivity index (χ1v) is 6.28. The number of alkyl halides is 3. The van der Waals surface area contributed by atoms with Crippen LogP contribution in [-0.4, -0.2) is 35.3 Å². The van der Waals surface area contributed by atoms with Crippen LogP contribution in [0.1, 0.15) is 18.4 Å². The highest BCUT2D eigenvalue weighted by molar-refractivity contribution is 5.65. The van der Waals surface area contributed by atoms with E-state index in [4.69, 9.17) is 9.84 Å². The minimum absolute atomic E-state index is 0.209. The largest absolute Gasteiger partial charge is 0.487 e. The zero-order chi connectivity index (χ0) is 15.6. The van der Waals surface area contributed by atoms with E-state index in [0.29, 0.717) is 31.0 Å². The number of amides is 1. The zero-order valence-corrected chi connectivity index (χ0v) is 10.9. The maximum Gasteiger partial charge on any atom is 0.416 e. The third-order valence-electron chi connectivity index (χ3n) is 3.26. The van der Waals surface area contributed by atoms with Crippen LogP contribution in [0.3, 0.4) is 0 Å². The molecule has 0 aromatic heterocycles. The fourth-order valence-corrected chi connectivity index (χ4v) is 2.11. The van der Waals surface area contributed by atoms with Crippen LogP contribution in [0.2, 0.25) is 0 Å². The van der Waals surface area contributed by atoms with Gasteiger partial charge in [0.15, 0.2) is 11.6 Å². The molecule has 0 saturated carbocycles. The maximum absolute atomic E-state index is 13.5.